The molecule has 8 heteroatoms. The summed E-state index contributed by atoms with van der Waals surface area (Å²) < 4.78 is 35.2. The fraction of sp³-hybridized carbons (Fsp3) is 0.273. The standard InChI is InChI=1S/C33H30BrF2N3O2/c1-18-11-20(17-41-23-8-6-22(35)7-9-23)19(2)24(12-18)30-25(16-37)32(38)39(27-10-5-21(34)13-26(27)36)28-14-33(3,4)15-29(40)31(28)30/h5-13,30H,14-15,17,38H2,1-4H3. The van der Waals surface area contributed by atoms with Gasteiger partial charge in [-0.15, -0.1) is 0 Å². The number of anilines is 1. The Labute approximate surface area is 247 Å². The molecule has 1 unspecified atom stereocenters. The van der Waals surface area contributed by atoms with Crippen LogP contribution in [-0.2, 0) is 11.4 Å². The average molecular weight is 619 g/mol. The van der Waals surface area contributed by atoms with Crippen LogP contribution in [-0.4, -0.2) is 5.78 Å². The van der Waals surface area contributed by atoms with Crippen LogP contribution in [0.25, 0.3) is 0 Å². The van der Waals surface area contributed by atoms with Gasteiger partial charge in [0.05, 0.1) is 23.2 Å². The molecule has 0 saturated carbocycles. The van der Waals surface area contributed by atoms with Crippen molar-refractivity contribution in [3.8, 4) is 11.8 Å². The van der Waals surface area contributed by atoms with Crippen molar-refractivity contribution in [2.45, 2.75) is 53.1 Å². The monoisotopic (exact) mass is 617 g/mol. The Morgan fingerprint density at radius 1 is 1.10 bits per heavy atom. The second-order valence-corrected chi connectivity index (χ2v) is 12.4. The SMILES string of the molecule is Cc1cc(COc2ccc(F)cc2)c(C)c(C2C(C#N)=C(N)N(c3ccc(Br)cc3F)C3=C2C(=O)CC(C)(C)C3)c1. The van der Waals surface area contributed by atoms with E-state index in [1.54, 1.807) is 29.2 Å². The summed E-state index contributed by atoms with van der Waals surface area (Å²) >= 11 is 3.30. The Hall–Kier alpha value is -3.96. The van der Waals surface area contributed by atoms with Crippen molar-refractivity contribution in [1.29, 1.82) is 5.26 Å². The Bertz CT molecular complexity index is 1670. The van der Waals surface area contributed by atoms with Crippen molar-refractivity contribution in [3.63, 3.8) is 0 Å². The van der Waals surface area contributed by atoms with Crippen molar-refractivity contribution in [3.05, 3.63) is 116 Å². The molecule has 1 heterocycles. The average Bonchev–Trinajstić information content (AvgIpc) is 2.89. The van der Waals surface area contributed by atoms with Gasteiger partial charge in [-0.2, -0.15) is 5.26 Å². The van der Waals surface area contributed by atoms with E-state index in [2.05, 4.69) is 22.0 Å². The summed E-state index contributed by atoms with van der Waals surface area (Å²) in [6.45, 7) is 8.09. The first-order valence-corrected chi connectivity index (χ1v) is 14.1. The third-order valence-corrected chi connectivity index (χ3v) is 8.24. The van der Waals surface area contributed by atoms with Crippen LogP contribution < -0.4 is 15.4 Å². The number of hydrogen-bond acceptors (Lipinski definition) is 5. The number of ketones is 1. The van der Waals surface area contributed by atoms with Gasteiger partial charge in [0.25, 0.3) is 0 Å². The minimum Gasteiger partial charge on any atom is -0.489 e. The Morgan fingerprint density at radius 3 is 2.46 bits per heavy atom. The first-order chi connectivity index (χ1) is 19.4. The summed E-state index contributed by atoms with van der Waals surface area (Å²) in [5.74, 6) is -1.04. The zero-order valence-corrected chi connectivity index (χ0v) is 24.9. The van der Waals surface area contributed by atoms with Crippen LogP contribution in [0.2, 0.25) is 0 Å². The van der Waals surface area contributed by atoms with E-state index >= 15 is 4.39 Å². The number of halogens is 3. The molecule has 210 valence electrons. The number of nitriles is 1. The lowest BCUT2D eigenvalue weighted by Gasteiger charge is -2.44. The number of benzene rings is 3. The summed E-state index contributed by atoms with van der Waals surface area (Å²) in [6.07, 6.45) is 0.772. The number of Topliss-reactive ketones (excluding diaryl/α,β-unsaturated/α-hetero) is 1. The van der Waals surface area contributed by atoms with Gasteiger partial charge in [0.2, 0.25) is 0 Å². The summed E-state index contributed by atoms with van der Waals surface area (Å²) in [4.78, 5) is 15.5. The van der Waals surface area contributed by atoms with E-state index in [-0.39, 0.29) is 40.7 Å². The Kier molecular flexibility index (Phi) is 7.52. The van der Waals surface area contributed by atoms with Gasteiger partial charge >= 0.3 is 0 Å². The maximum absolute atomic E-state index is 15.3. The molecule has 1 aliphatic carbocycles. The Balaban J connectivity index is 1.68. The predicted molar refractivity (Wildman–Crippen MR) is 158 cm³/mol. The fourth-order valence-corrected chi connectivity index (χ4v) is 6.20. The summed E-state index contributed by atoms with van der Waals surface area (Å²) in [5, 5.41) is 10.4. The van der Waals surface area contributed by atoms with E-state index in [9.17, 15) is 14.4 Å². The van der Waals surface area contributed by atoms with Gasteiger partial charge in [0.1, 0.15) is 29.8 Å². The number of aryl methyl sites for hydroxylation is 1. The molecule has 41 heavy (non-hydrogen) atoms. The van der Waals surface area contributed by atoms with Crippen LogP contribution in [0.3, 0.4) is 0 Å². The number of carbonyl (C=O) groups excluding carboxylic acids is 1. The van der Waals surface area contributed by atoms with E-state index in [0.717, 1.165) is 22.3 Å². The smallest absolute Gasteiger partial charge is 0.162 e. The lowest BCUT2D eigenvalue weighted by Crippen LogP contribution is -2.42. The fourth-order valence-electron chi connectivity index (χ4n) is 5.86. The first kappa shape index (κ1) is 28.6. The van der Waals surface area contributed by atoms with Crippen molar-refractivity contribution in [1.82, 2.24) is 0 Å². The molecule has 0 radical (unpaired) electrons. The van der Waals surface area contributed by atoms with Gasteiger partial charge in [-0.3, -0.25) is 9.69 Å². The van der Waals surface area contributed by atoms with Crippen molar-refractivity contribution in [2.75, 3.05) is 4.90 Å². The van der Waals surface area contributed by atoms with E-state index in [0.29, 0.717) is 34.3 Å². The molecule has 0 saturated heterocycles. The summed E-state index contributed by atoms with van der Waals surface area (Å²) in [5.41, 5.74) is 11.2. The molecule has 1 atom stereocenters. The van der Waals surface area contributed by atoms with Crippen molar-refractivity contribution >= 4 is 27.4 Å². The minimum atomic E-state index is -0.710. The second-order valence-electron chi connectivity index (χ2n) is 11.5. The Morgan fingerprint density at radius 2 is 1.80 bits per heavy atom. The largest absolute Gasteiger partial charge is 0.489 e. The first-order valence-electron chi connectivity index (χ1n) is 13.3. The number of rotatable bonds is 5. The maximum atomic E-state index is 15.3. The number of hydrogen-bond donors (Lipinski definition) is 1. The van der Waals surface area contributed by atoms with E-state index in [1.807, 2.05) is 39.8 Å². The van der Waals surface area contributed by atoms with Crippen LogP contribution in [0.15, 0.2) is 81.7 Å². The van der Waals surface area contributed by atoms with Gasteiger partial charge in [-0.25, -0.2) is 8.78 Å². The van der Waals surface area contributed by atoms with E-state index < -0.39 is 11.7 Å². The molecule has 0 bridgehead atoms. The third kappa shape index (κ3) is 5.39. The molecule has 3 aromatic rings. The van der Waals surface area contributed by atoms with Crippen LogP contribution in [0.1, 0.15) is 54.9 Å². The second kappa shape index (κ2) is 10.8. The van der Waals surface area contributed by atoms with Gasteiger partial charge < -0.3 is 10.5 Å². The van der Waals surface area contributed by atoms with Crippen LogP contribution in [0.5, 0.6) is 5.75 Å². The zero-order valence-electron chi connectivity index (χ0n) is 23.3. The van der Waals surface area contributed by atoms with Gasteiger partial charge in [0, 0.05) is 22.2 Å². The molecule has 2 aliphatic rings. The summed E-state index contributed by atoms with van der Waals surface area (Å²) in [6, 6.07) is 16.7. The summed E-state index contributed by atoms with van der Waals surface area (Å²) in [7, 11) is 0. The number of nitrogens with zero attached hydrogens (tertiary/aromatic N) is 2. The molecule has 0 amide bonds. The molecular formula is C33H30BrF2N3O2. The lowest BCUT2D eigenvalue weighted by atomic mass is 9.68. The molecule has 5 nitrogen and oxygen atoms in total. The predicted octanol–water partition coefficient (Wildman–Crippen LogP) is 7.86. The van der Waals surface area contributed by atoms with E-state index in [4.69, 9.17) is 10.5 Å². The van der Waals surface area contributed by atoms with Gasteiger partial charge in [0.15, 0.2) is 5.78 Å². The van der Waals surface area contributed by atoms with Crippen molar-refractivity contribution < 1.29 is 18.3 Å². The maximum Gasteiger partial charge on any atom is 0.162 e. The molecule has 3 aromatic carbocycles. The highest BCUT2D eigenvalue weighted by Gasteiger charge is 2.45. The molecule has 0 aromatic heterocycles. The van der Waals surface area contributed by atoms with Gasteiger partial charge in [-0.05, 0) is 84.8 Å². The normalized spacial score (nSPS) is 18.3. The highest BCUT2D eigenvalue weighted by molar-refractivity contribution is 9.10. The van der Waals surface area contributed by atoms with Crippen LogP contribution >= 0.6 is 15.9 Å². The topological polar surface area (TPSA) is 79.3 Å². The number of nitrogens with two attached hydrogens (primary N) is 1. The lowest BCUT2D eigenvalue weighted by molar-refractivity contribution is -0.118. The highest BCUT2D eigenvalue weighted by atomic mass is 79.9. The molecule has 0 spiro atoms. The number of allylic oxidation sites excluding steroid dienone is 3. The van der Waals surface area contributed by atoms with Crippen LogP contribution in [0, 0.1) is 42.2 Å². The highest BCUT2D eigenvalue weighted by Crippen LogP contribution is 2.51. The quantitative estimate of drug-likeness (QED) is 0.315. The zero-order chi connectivity index (χ0) is 29.6. The molecule has 2 N–H and O–H groups in total. The molecule has 0 fully saturated rings. The number of ether oxygens (including phenoxy) is 1. The molecule has 1 aliphatic heterocycles. The number of carbonyl (C=O) groups is 1. The third-order valence-electron chi connectivity index (χ3n) is 7.75. The minimum absolute atomic E-state index is 0.0889. The molecule has 5 rings (SSSR count). The van der Waals surface area contributed by atoms with Crippen LogP contribution in [0.4, 0.5) is 14.5 Å². The van der Waals surface area contributed by atoms with Gasteiger partial charge in [-0.1, -0.05) is 47.5 Å². The van der Waals surface area contributed by atoms with Crippen molar-refractivity contribution in [2.24, 2.45) is 11.1 Å². The molecular weight excluding hydrogens is 588 g/mol. The van der Waals surface area contributed by atoms with E-state index in [1.165, 1.54) is 18.2 Å².